The number of carbonyl (C=O) groups is 1. The molecule has 3 heteroatoms. The van der Waals surface area contributed by atoms with Gasteiger partial charge < -0.3 is 10.1 Å². The van der Waals surface area contributed by atoms with E-state index in [4.69, 9.17) is 4.74 Å². The molecule has 15 heavy (non-hydrogen) atoms. The summed E-state index contributed by atoms with van der Waals surface area (Å²) in [5.41, 5.74) is -0.174. The fraction of sp³-hybridized carbons (Fsp3) is 0.917. The molecule has 0 amide bonds. The molecular formula is C12H23NO2. The molecule has 1 rings (SSSR count). The molecule has 0 aromatic rings. The largest absolute Gasteiger partial charge is 0.469 e. The number of ether oxygens (including phenoxy) is 1. The molecule has 1 N–H and O–H groups in total. The summed E-state index contributed by atoms with van der Waals surface area (Å²) >= 11 is 0. The molecule has 0 saturated heterocycles. The van der Waals surface area contributed by atoms with Gasteiger partial charge in [0.25, 0.3) is 0 Å². The first-order chi connectivity index (χ1) is 7.10. The smallest absolute Gasteiger partial charge is 0.313 e. The summed E-state index contributed by atoms with van der Waals surface area (Å²) in [7, 11) is 1.47. The Morgan fingerprint density at radius 2 is 2.13 bits per heavy atom. The molecular weight excluding hydrogens is 190 g/mol. The lowest BCUT2D eigenvalue weighted by atomic mass is 10.1. The van der Waals surface area contributed by atoms with E-state index in [0.29, 0.717) is 0 Å². The number of methoxy groups -OCH3 is 1. The second-order valence-electron chi connectivity index (χ2n) is 4.98. The van der Waals surface area contributed by atoms with Crippen LogP contribution in [0.1, 0.15) is 39.5 Å². The van der Waals surface area contributed by atoms with E-state index < -0.39 is 0 Å². The van der Waals surface area contributed by atoms with Gasteiger partial charge in [-0.3, -0.25) is 4.79 Å². The van der Waals surface area contributed by atoms with Crippen LogP contribution in [0.3, 0.4) is 0 Å². The highest BCUT2D eigenvalue weighted by atomic mass is 16.5. The van der Waals surface area contributed by atoms with E-state index in [9.17, 15) is 4.79 Å². The van der Waals surface area contributed by atoms with Gasteiger partial charge in [-0.25, -0.2) is 0 Å². The van der Waals surface area contributed by atoms with Gasteiger partial charge in [-0.1, -0.05) is 13.8 Å². The summed E-state index contributed by atoms with van der Waals surface area (Å²) in [6, 6.07) is 0. The van der Waals surface area contributed by atoms with Crippen LogP contribution in [0.4, 0.5) is 0 Å². The number of nitrogens with one attached hydrogen (secondary N) is 1. The molecule has 3 nitrogen and oxygen atoms in total. The van der Waals surface area contributed by atoms with Crippen LogP contribution in [0.2, 0.25) is 0 Å². The standard InChI is InChI=1S/C12H23NO2/c1-10(2)5-4-8-13-9-12(6-7-12)11(14)15-3/h10,13H,4-9H2,1-3H3. The van der Waals surface area contributed by atoms with Gasteiger partial charge in [-0.05, 0) is 38.1 Å². The Morgan fingerprint density at radius 1 is 1.47 bits per heavy atom. The molecule has 0 bridgehead atoms. The van der Waals surface area contributed by atoms with Crippen LogP contribution in [0.15, 0.2) is 0 Å². The summed E-state index contributed by atoms with van der Waals surface area (Å²) in [6.07, 6.45) is 4.40. The molecule has 1 saturated carbocycles. The van der Waals surface area contributed by atoms with Crippen molar-refractivity contribution in [2.24, 2.45) is 11.3 Å². The number of hydrogen-bond donors (Lipinski definition) is 1. The zero-order valence-electron chi connectivity index (χ0n) is 10.1. The molecule has 0 radical (unpaired) electrons. The van der Waals surface area contributed by atoms with Crippen molar-refractivity contribution < 1.29 is 9.53 Å². The van der Waals surface area contributed by atoms with E-state index in [1.165, 1.54) is 20.0 Å². The molecule has 0 aromatic carbocycles. The summed E-state index contributed by atoms with van der Waals surface area (Å²) in [6.45, 7) is 6.27. The topological polar surface area (TPSA) is 38.3 Å². The molecule has 88 valence electrons. The highest BCUT2D eigenvalue weighted by Gasteiger charge is 2.50. The quantitative estimate of drug-likeness (QED) is 0.519. The van der Waals surface area contributed by atoms with Gasteiger partial charge in [-0.15, -0.1) is 0 Å². The van der Waals surface area contributed by atoms with Gasteiger partial charge in [0.05, 0.1) is 12.5 Å². The van der Waals surface area contributed by atoms with Crippen LogP contribution < -0.4 is 5.32 Å². The van der Waals surface area contributed by atoms with Gasteiger partial charge >= 0.3 is 5.97 Å². The van der Waals surface area contributed by atoms with E-state index in [2.05, 4.69) is 19.2 Å². The molecule has 0 atom stereocenters. The predicted molar refractivity (Wildman–Crippen MR) is 60.6 cm³/mol. The number of esters is 1. The summed E-state index contributed by atoms with van der Waals surface area (Å²) < 4.78 is 4.79. The Hall–Kier alpha value is -0.570. The van der Waals surface area contributed by atoms with Crippen molar-refractivity contribution in [1.29, 1.82) is 0 Å². The maximum absolute atomic E-state index is 11.4. The third kappa shape index (κ3) is 3.82. The number of rotatable bonds is 7. The zero-order chi connectivity index (χ0) is 11.3. The van der Waals surface area contributed by atoms with Gasteiger partial charge in [-0.2, -0.15) is 0 Å². The van der Waals surface area contributed by atoms with Crippen molar-refractivity contribution in [2.45, 2.75) is 39.5 Å². The summed E-state index contributed by atoms with van der Waals surface area (Å²) in [5.74, 6) is 0.723. The first kappa shape index (κ1) is 12.5. The third-order valence-electron chi connectivity index (χ3n) is 3.07. The van der Waals surface area contributed by atoms with Crippen molar-refractivity contribution in [3.05, 3.63) is 0 Å². The Bertz CT molecular complexity index is 210. The first-order valence-electron chi connectivity index (χ1n) is 5.90. The molecule has 0 aliphatic heterocycles. The molecule has 1 aliphatic rings. The van der Waals surface area contributed by atoms with Crippen molar-refractivity contribution >= 4 is 5.97 Å². The maximum atomic E-state index is 11.4. The fourth-order valence-corrected chi connectivity index (χ4v) is 1.78. The third-order valence-corrected chi connectivity index (χ3v) is 3.07. The summed E-state index contributed by atoms with van der Waals surface area (Å²) in [4.78, 5) is 11.4. The minimum atomic E-state index is -0.174. The fourth-order valence-electron chi connectivity index (χ4n) is 1.78. The lowest BCUT2D eigenvalue weighted by Crippen LogP contribution is -2.31. The second-order valence-corrected chi connectivity index (χ2v) is 4.98. The van der Waals surface area contributed by atoms with Gasteiger partial charge in [0.1, 0.15) is 0 Å². The van der Waals surface area contributed by atoms with Crippen LogP contribution in [0.25, 0.3) is 0 Å². The Kier molecular flexibility index (Phi) is 4.58. The zero-order valence-corrected chi connectivity index (χ0v) is 10.1. The Balaban J connectivity index is 2.07. The average Bonchev–Trinajstić information content (AvgIpc) is 2.97. The van der Waals surface area contributed by atoms with Crippen molar-refractivity contribution in [2.75, 3.05) is 20.2 Å². The Morgan fingerprint density at radius 3 is 2.60 bits per heavy atom. The maximum Gasteiger partial charge on any atom is 0.313 e. The molecule has 0 aromatic heterocycles. The summed E-state index contributed by atoms with van der Waals surface area (Å²) in [5, 5.41) is 3.36. The molecule has 0 heterocycles. The predicted octanol–water partition coefficient (Wildman–Crippen LogP) is 1.97. The lowest BCUT2D eigenvalue weighted by Gasteiger charge is -2.13. The second kappa shape index (κ2) is 5.50. The van der Waals surface area contributed by atoms with Gasteiger partial charge in [0.2, 0.25) is 0 Å². The minimum Gasteiger partial charge on any atom is -0.469 e. The van der Waals surface area contributed by atoms with E-state index >= 15 is 0 Å². The monoisotopic (exact) mass is 213 g/mol. The van der Waals surface area contributed by atoms with Gasteiger partial charge in [0, 0.05) is 6.54 Å². The lowest BCUT2D eigenvalue weighted by molar-refractivity contribution is -0.146. The molecule has 1 fully saturated rings. The van der Waals surface area contributed by atoms with E-state index in [1.807, 2.05) is 0 Å². The highest BCUT2D eigenvalue weighted by Crippen LogP contribution is 2.45. The van der Waals surface area contributed by atoms with Crippen molar-refractivity contribution in [3.8, 4) is 0 Å². The number of carbonyl (C=O) groups excluding carboxylic acids is 1. The number of hydrogen-bond acceptors (Lipinski definition) is 3. The molecule has 1 aliphatic carbocycles. The average molecular weight is 213 g/mol. The van der Waals surface area contributed by atoms with Crippen LogP contribution in [-0.2, 0) is 9.53 Å². The van der Waals surface area contributed by atoms with Gasteiger partial charge in [0.15, 0.2) is 0 Å². The molecule has 0 unspecified atom stereocenters. The van der Waals surface area contributed by atoms with Crippen LogP contribution >= 0.6 is 0 Å². The van der Waals surface area contributed by atoms with Crippen LogP contribution in [-0.4, -0.2) is 26.2 Å². The highest BCUT2D eigenvalue weighted by molar-refractivity contribution is 5.80. The van der Waals surface area contributed by atoms with Crippen LogP contribution in [0.5, 0.6) is 0 Å². The Labute approximate surface area is 92.6 Å². The molecule has 0 spiro atoms. The first-order valence-corrected chi connectivity index (χ1v) is 5.90. The normalized spacial score (nSPS) is 17.9. The van der Waals surface area contributed by atoms with E-state index in [0.717, 1.165) is 31.8 Å². The minimum absolute atomic E-state index is 0.0427. The van der Waals surface area contributed by atoms with Crippen LogP contribution in [0, 0.1) is 11.3 Å². The van der Waals surface area contributed by atoms with Crippen molar-refractivity contribution in [1.82, 2.24) is 5.32 Å². The van der Waals surface area contributed by atoms with E-state index in [-0.39, 0.29) is 11.4 Å². The van der Waals surface area contributed by atoms with E-state index in [1.54, 1.807) is 0 Å². The van der Waals surface area contributed by atoms with Crippen molar-refractivity contribution in [3.63, 3.8) is 0 Å². The SMILES string of the molecule is COC(=O)C1(CNCCCC(C)C)CC1.